The van der Waals surface area contributed by atoms with Gasteiger partial charge in [0.05, 0.1) is 6.04 Å². The third-order valence-electron chi connectivity index (χ3n) is 2.36. The van der Waals surface area contributed by atoms with Crippen molar-refractivity contribution in [2.24, 2.45) is 5.73 Å². The maximum Gasteiger partial charge on any atom is 0.160 e. The van der Waals surface area contributed by atoms with Gasteiger partial charge >= 0.3 is 0 Å². The molecule has 0 saturated carbocycles. The summed E-state index contributed by atoms with van der Waals surface area (Å²) in [5.41, 5.74) is 6.92. The molecule has 16 heavy (non-hydrogen) atoms. The lowest BCUT2D eigenvalue weighted by molar-refractivity contribution is 0.645. The third kappa shape index (κ3) is 2.39. The molecule has 6 heteroatoms. The SMILES string of the molecule is CSCCC(N)c1nnc2ccc(Br)cn12. The van der Waals surface area contributed by atoms with Crippen LogP contribution in [0.25, 0.3) is 5.65 Å². The first-order valence-corrected chi connectivity index (χ1v) is 7.15. The predicted molar refractivity (Wildman–Crippen MR) is 70.6 cm³/mol. The van der Waals surface area contributed by atoms with Gasteiger partial charge in [-0.05, 0) is 46.5 Å². The smallest absolute Gasteiger partial charge is 0.160 e. The van der Waals surface area contributed by atoms with Crippen LogP contribution in [0.3, 0.4) is 0 Å². The quantitative estimate of drug-likeness (QED) is 0.941. The molecular weight excluding hydrogens is 288 g/mol. The van der Waals surface area contributed by atoms with Gasteiger partial charge in [0, 0.05) is 10.7 Å². The number of fused-ring (bicyclic) bond motifs is 1. The van der Waals surface area contributed by atoms with Crippen LogP contribution in [-0.4, -0.2) is 26.6 Å². The topological polar surface area (TPSA) is 56.2 Å². The van der Waals surface area contributed by atoms with E-state index in [2.05, 4.69) is 32.4 Å². The molecule has 2 heterocycles. The minimum absolute atomic E-state index is 0.0586. The Hall–Kier alpha value is -0.590. The van der Waals surface area contributed by atoms with Gasteiger partial charge in [-0.15, -0.1) is 10.2 Å². The summed E-state index contributed by atoms with van der Waals surface area (Å²) in [6, 6.07) is 3.81. The molecule has 0 aliphatic rings. The molecule has 0 aliphatic carbocycles. The van der Waals surface area contributed by atoms with E-state index in [9.17, 15) is 0 Å². The second kappa shape index (κ2) is 5.16. The highest BCUT2D eigenvalue weighted by molar-refractivity contribution is 9.10. The molecule has 0 fully saturated rings. The van der Waals surface area contributed by atoms with Crippen LogP contribution in [0.4, 0.5) is 0 Å². The lowest BCUT2D eigenvalue weighted by Crippen LogP contribution is -2.14. The van der Waals surface area contributed by atoms with Crippen molar-refractivity contribution in [3.63, 3.8) is 0 Å². The molecule has 2 N–H and O–H groups in total. The van der Waals surface area contributed by atoms with E-state index in [-0.39, 0.29) is 6.04 Å². The predicted octanol–water partition coefficient (Wildman–Crippen LogP) is 2.24. The molecule has 0 radical (unpaired) electrons. The molecule has 0 bridgehead atoms. The van der Waals surface area contributed by atoms with Crippen molar-refractivity contribution in [2.75, 3.05) is 12.0 Å². The number of rotatable bonds is 4. The van der Waals surface area contributed by atoms with Crippen molar-refractivity contribution >= 4 is 33.3 Å². The van der Waals surface area contributed by atoms with Crippen molar-refractivity contribution in [1.82, 2.24) is 14.6 Å². The van der Waals surface area contributed by atoms with Crippen LogP contribution in [0.15, 0.2) is 22.8 Å². The molecule has 0 spiro atoms. The second-order valence-corrected chi connectivity index (χ2v) is 5.42. The number of hydrogen-bond acceptors (Lipinski definition) is 4. The van der Waals surface area contributed by atoms with Gasteiger partial charge in [0.2, 0.25) is 0 Å². The van der Waals surface area contributed by atoms with Gasteiger partial charge < -0.3 is 5.73 Å². The molecule has 1 unspecified atom stereocenters. The molecule has 0 aromatic carbocycles. The summed E-state index contributed by atoms with van der Waals surface area (Å²) < 4.78 is 2.94. The number of hydrogen-bond donors (Lipinski definition) is 1. The number of nitrogens with two attached hydrogens (primary N) is 1. The van der Waals surface area contributed by atoms with Crippen LogP contribution in [0, 0.1) is 0 Å². The van der Waals surface area contributed by atoms with E-state index in [1.165, 1.54) is 0 Å². The van der Waals surface area contributed by atoms with E-state index in [1.807, 2.05) is 22.7 Å². The maximum absolute atomic E-state index is 6.09. The fraction of sp³-hybridized carbons (Fsp3) is 0.400. The van der Waals surface area contributed by atoms with Gasteiger partial charge in [0.25, 0.3) is 0 Å². The van der Waals surface area contributed by atoms with E-state index >= 15 is 0 Å². The Balaban J connectivity index is 2.33. The largest absolute Gasteiger partial charge is 0.321 e. The Morgan fingerprint density at radius 1 is 1.50 bits per heavy atom. The Kier molecular flexibility index (Phi) is 3.83. The Morgan fingerprint density at radius 3 is 3.06 bits per heavy atom. The van der Waals surface area contributed by atoms with Crippen LogP contribution in [0.5, 0.6) is 0 Å². The summed E-state index contributed by atoms with van der Waals surface area (Å²) in [6.45, 7) is 0. The average Bonchev–Trinajstić information content (AvgIpc) is 2.68. The minimum atomic E-state index is -0.0586. The zero-order chi connectivity index (χ0) is 11.5. The van der Waals surface area contributed by atoms with E-state index in [1.54, 1.807) is 11.8 Å². The number of aromatic nitrogens is 3. The average molecular weight is 301 g/mol. The molecule has 2 aromatic rings. The standard InChI is InChI=1S/C10H13BrN4S/c1-16-5-4-8(12)10-14-13-9-3-2-7(11)6-15(9)10/h2-3,6,8H,4-5,12H2,1H3. The van der Waals surface area contributed by atoms with Gasteiger partial charge in [-0.25, -0.2) is 0 Å². The van der Waals surface area contributed by atoms with Gasteiger partial charge in [-0.1, -0.05) is 0 Å². The van der Waals surface area contributed by atoms with Crippen molar-refractivity contribution in [2.45, 2.75) is 12.5 Å². The highest BCUT2D eigenvalue weighted by Crippen LogP contribution is 2.18. The molecule has 2 rings (SSSR count). The van der Waals surface area contributed by atoms with E-state index in [0.29, 0.717) is 0 Å². The summed E-state index contributed by atoms with van der Waals surface area (Å²) in [5, 5.41) is 8.24. The van der Waals surface area contributed by atoms with Crippen LogP contribution >= 0.6 is 27.7 Å². The molecule has 0 saturated heterocycles. The number of pyridine rings is 1. The lowest BCUT2D eigenvalue weighted by atomic mass is 10.2. The monoisotopic (exact) mass is 300 g/mol. The van der Waals surface area contributed by atoms with E-state index in [0.717, 1.165) is 28.1 Å². The fourth-order valence-corrected chi connectivity index (χ4v) is 2.34. The fourth-order valence-electron chi connectivity index (χ4n) is 1.51. The van der Waals surface area contributed by atoms with Crippen LogP contribution in [-0.2, 0) is 0 Å². The van der Waals surface area contributed by atoms with Crippen molar-refractivity contribution in [3.8, 4) is 0 Å². The normalized spacial score (nSPS) is 13.2. The molecule has 4 nitrogen and oxygen atoms in total. The molecule has 0 aliphatic heterocycles. The van der Waals surface area contributed by atoms with Crippen LogP contribution in [0.2, 0.25) is 0 Å². The first kappa shape index (κ1) is 11.9. The third-order valence-corrected chi connectivity index (χ3v) is 3.47. The van der Waals surface area contributed by atoms with Crippen LogP contribution in [0.1, 0.15) is 18.3 Å². The summed E-state index contributed by atoms with van der Waals surface area (Å²) in [7, 11) is 0. The zero-order valence-corrected chi connectivity index (χ0v) is 11.3. The Labute approximate surface area is 107 Å². The molecule has 0 amide bonds. The number of thioether (sulfide) groups is 1. The maximum atomic E-state index is 6.09. The van der Waals surface area contributed by atoms with E-state index in [4.69, 9.17) is 5.73 Å². The van der Waals surface area contributed by atoms with Crippen molar-refractivity contribution < 1.29 is 0 Å². The summed E-state index contributed by atoms with van der Waals surface area (Å²) >= 11 is 5.22. The molecule has 86 valence electrons. The molecule has 1 atom stereocenters. The number of halogens is 1. The number of nitrogens with zero attached hydrogens (tertiary/aromatic N) is 3. The highest BCUT2D eigenvalue weighted by Gasteiger charge is 2.13. The minimum Gasteiger partial charge on any atom is -0.321 e. The van der Waals surface area contributed by atoms with Gasteiger partial charge in [0.1, 0.15) is 0 Å². The second-order valence-electron chi connectivity index (χ2n) is 3.52. The Bertz CT molecular complexity index is 485. The lowest BCUT2D eigenvalue weighted by Gasteiger charge is -2.08. The molecular formula is C10H13BrN4S. The van der Waals surface area contributed by atoms with Crippen molar-refractivity contribution in [1.29, 1.82) is 0 Å². The zero-order valence-electron chi connectivity index (χ0n) is 8.93. The van der Waals surface area contributed by atoms with Gasteiger partial charge in [0.15, 0.2) is 11.5 Å². The highest BCUT2D eigenvalue weighted by atomic mass is 79.9. The summed E-state index contributed by atoms with van der Waals surface area (Å²) in [4.78, 5) is 0. The van der Waals surface area contributed by atoms with E-state index < -0.39 is 0 Å². The Morgan fingerprint density at radius 2 is 2.31 bits per heavy atom. The summed E-state index contributed by atoms with van der Waals surface area (Å²) in [5.74, 6) is 1.86. The first-order valence-electron chi connectivity index (χ1n) is 4.97. The summed E-state index contributed by atoms with van der Waals surface area (Å²) in [6.07, 6.45) is 4.93. The van der Waals surface area contributed by atoms with Crippen molar-refractivity contribution in [3.05, 3.63) is 28.6 Å². The van der Waals surface area contributed by atoms with Gasteiger partial charge in [-0.2, -0.15) is 11.8 Å². The van der Waals surface area contributed by atoms with Crippen LogP contribution < -0.4 is 5.73 Å². The van der Waals surface area contributed by atoms with Gasteiger partial charge in [-0.3, -0.25) is 4.40 Å². The molecule has 2 aromatic heterocycles. The first-order chi connectivity index (χ1) is 7.72.